The summed E-state index contributed by atoms with van der Waals surface area (Å²) in [5.74, 6) is 0.423. The summed E-state index contributed by atoms with van der Waals surface area (Å²) in [6.45, 7) is 4.96. The highest BCUT2D eigenvalue weighted by molar-refractivity contribution is 5.78. The molecule has 2 aromatic carbocycles. The zero-order valence-corrected chi connectivity index (χ0v) is 18.4. The van der Waals surface area contributed by atoms with Gasteiger partial charge in [0.2, 0.25) is 11.8 Å². The molecule has 0 spiro atoms. The minimum Gasteiger partial charge on any atom is -0.441 e. The number of nitrogens with zero attached hydrogens (tertiary/aromatic N) is 3. The molecule has 1 aromatic heterocycles. The zero-order chi connectivity index (χ0) is 23.2. The molecule has 1 aliphatic rings. The molecule has 170 valence electrons. The average molecular weight is 448 g/mol. The molecule has 33 heavy (non-hydrogen) atoms. The van der Waals surface area contributed by atoms with Crippen molar-refractivity contribution in [3.05, 3.63) is 76.9 Å². The molecule has 0 saturated carbocycles. The van der Waals surface area contributed by atoms with Gasteiger partial charge in [-0.2, -0.15) is 5.26 Å². The van der Waals surface area contributed by atoms with E-state index in [0.717, 1.165) is 18.7 Å². The molecule has 0 unspecified atom stereocenters. The van der Waals surface area contributed by atoms with Gasteiger partial charge in [-0.1, -0.05) is 12.1 Å². The van der Waals surface area contributed by atoms with E-state index in [1.54, 1.807) is 25.1 Å². The van der Waals surface area contributed by atoms with E-state index < -0.39 is 0 Å². The number of nitrogens with one attached hydrogen (secondary N) is 1. The predicted octanol–water partition coefficient (Wildman–Crippen LogP) is 3.22. The van der Waals surface area contributed by atoms with Gasteiger partial charge < -0.3 is 14.5 Å². The largest absolute Gasteiger partial charge is 0.441 e. The van der Waals surface area contributed by atoms with Gasteiger partial charge in [-0.3, -0.25) is 9.69 Å². The summed E-state index contributed by atoms with van der Waals surface area (Å²) in [6.07, 6.45) is -0.0245. The molecule has 1 aliphatic heterocycles. The quantitative estimate of drug-likeness (QED) is 0.597. The van der Waals surface area contributed by atoms with E-state index in [1.165, 1.54) is 12.1 Å². The number of hydrogen-bond donors (Lipinski definition) is 1. The summed E-state index contributed by atoms with van der Waals surface area (Å²) >= 11 is 0. The second-order valence-electron chi connectivity index (χ2n) is 8.05. The lowest BCUT2D eigenvalue weighted by Crippen LogP contribution is -2.47. The number of carbonyl (C=O) groups is 1. The van der Waals surface area contributed by atoms with Crippen LogP contribution in [0.3, 0.4) is 0 Å². The van der Waals surface area contributed by atoms with Crippen molar-refractivity contribution >= 4 is 5.91 Å². The van der Waals surface area contributed by atoms with Crippen LogP contribution in [-0.2, 0) is 22.5 Å². The maximum Gasteiger partial charge on any atom is 0.226 e. The molecule has 1 atom stereocenters. The molecule has 2 heterocycles. The van der Waals surface area contributed by atoms with E-state index in [2.05, 4.69) is 21.3 Å². The summed E-state index contributed by atoms with van der Waals surface area (Å²) in [7, 11) is 0. The number of halogens is 1. The number of oxazole rings is 1. The third-order valence-electron chi connectivity index (χ3n) is 5.52. The van der Waals surface area contributed by atoms with E-state index in [-0.39, 0.29) is 24.2 Å². The van der Waals surface area contributed by atoms with Crippen LogP contribution < -0.4 is 5.32 Å². The fourth-order valence-electron chi connectivity index (χ4n) is 3.80. The van der Waals surface area contributed by atoms with Crippen LogP contribution in [0.5, 0.6) is 0 Å². The van der Waals surface area contributed by atoms with Crippen molar-refractivity contribution in [1.29, 1.82) is 5.26 Å². The van der Waals surface area contributed by atoms with Gasteiger partial charge in [0.05, 0.1) is 36.5 Å². The van der Waals surface area contributed by atoms with E-state index in [9.17, 15) is 9.18 Å². The molecule has 7 nitrogen and oxygen atoms in total. The lowest BCUT2D eigenvalue weighted by atomic mass is 10.1. The van der Waals surface area contributed by atoms with Crippen LogP contribution in [0.2, 0.25) is 0 Å². The summed E-state index contributed by atoms with van der Waals surface area (Å²) in [5, 5.41) is 12.0. The van der Waals surface area contributed by atoms with Crippen LogP contribution in [0.25, 0.3) is 11.5 Å². The van der Waals surface area contributed by atoms with Crippen LogP contribution >= 0.6 is 0 Å². The molecular formula is C25H25FN4O3. The zero-order valence-electron chi connectivity index (χ0n) is 18.4. The number of hydrogen-bond acceptors (Lipinski definition) is 6. The standard InChI is InChI=1S/C25H25FN4O3/c1-17-23(29-25(33-17)20-5-7-21(26)8-6-20)12-24(31)28-14-22-16-30(9-10-32-22)15-19-4-2-3-18(11-19)13-27/h2-8,11,22H,9-10,12,14-16H2,1H3,(H,28,31)/t22-/m0/s1. The van der Waals surface area contributed by atoms with Gasteiger partial charge in [-0.15, -0.1) is 0 Å². The number of aromatic nitrogens is 1. The Bertz CT molecular complexity index is 1150. The normalized spacial score (nSPS) is 16.3. The number of benzene rings is 2. The topological polar surface area (TPSA) is 91.4 Å². The van der Waals surface area contributed by atoms with Crippen molar-refractivity contribution in [3.8, 4) is 17.5 Å². The minimum atomic E-state index is -0.333. The second-order valence-corrected chi connectivity index (χ2v) is 8.05. The molecule has 0 bridgehead atoms. The smallest absolute Gasteiger partial charge is 0.226 e. The van der Waals surface area contributed by atoms with Crippen molar-refractivity contribution in [1.82, 2.24) is 15.2 Å². The van der Waals surface area contributed by atoms with Crippen molar-refractivity contribution in [3.63, 3.8) is 0 Å². The van der Waals surface area contributed by atoms with Crippen LogP contribution in [-0.4, -0.2) is 48.1 Å². The van der Waals surface area contributed by atoms with Crippen molar-refractivity contribution in [2.24, 2.45) is 0 Å². The van der Waals surface area contributed by atoms with E-state index >= 15 is 0 Å². The predicted molar refractivity (Wildman–Crippen MR) is 120 cm³/mol. The molecule has 1 N–H and O–H groups in total. The molecule has 0 aliphatic carbocycles. The summed E-state index contributed by atoms with van der Waals surface area (Å²) in [5.41, 5.74) is 2.94. The van der Waals surface area contributed by atoms with Gasteiger partial charge in [-0.05, 0) is 48.9 Å². The van der Waals surface area contributed by atoms with Crippen LogP contribution in [0, 0.1) is 24.1 Å². The summed E-state index contributed by atoms with van der Waals surface area (Å²) < 4.78 is 24.6. The Morgan fingerprint density at radius 1 is 1.30 bits per heavy atom. The highest BCUT2D eigenvalue weighted by Gasteiger charge is 2.22. The van der Waals surface area contributed by atoms with Crippen molar-refractivity contribution in [2.45, 2.75) is 26.0 Å². The van der Waals surface area contributed by atoms with Crippen LogP contribution in [0.15, 0.2) is 52.9 Å². The third-order valence-corrected chi connectivity index (χ3v) is 5.52. The lowest BCUT2D eigenvalue weighted by molar-refractivity contribution is -0.121. The highest BCUT2D eigenvalue weighted by Crippen LogP contribution is 2.22. The number of rotatable bonds is 7. The molecule has 1 saturated heterocycles. The van der Waals surface area contributed by atoms with E-state index in [4.69, 9.17) is 14.4 Å². The van der Waals surface area contributed by atoms with Gasteiger partial charge in [-0.25, -0.2) is 9.37 Å². The van der Waals surface area contributed by atoms with Crippen molar-refractivity contribution < 1.29 is 18.3 Å². The number of aryl methyl sites for hydroxylation is 1. The number of amides is 1. The first-order valence-corrected chi connectivity index (χ1v) is 10.8. The number of morpholine rings is 1. The first kappa shape index (κ1) is 22.6. The molecule has 0 radical (unpaired) electrons. The first-order valence-electron chi connectivity index (χ1n) is 10.8. The van der Waals surface area contributed by atoms with Gasteiger partial charge in [0.1, 0.15) is 11.6 Å². The molecular weight excluding hydrogens is 423 g/mol. The molecule has 1 fully saturated rings. The third kappa shape index (κ3) is 6.04. The highest BCUT2D eigenvalue weighted by atomic mass is 19.1. The Balaban J connectivity index is 1.28. The Hall–Kier alpha value is -3.54. The maximum atomic E-state index is 13.1. The van der Waals surface area contributed by atoms with E-state index in [0.29, 0.717) is 48.2 Å². The Morgan fingerprint density at radius 2 is 2.12 bits per heavy atom. The van der Waals surface area contributed by atoms with Gasteiger partial charge in [0.15, 0.2) is 0 Å². The van der Waals surface area contributed by atoms with Crippen molar-refractivity contribution in [2.75, 3.05) is 26.2 Å². The average Bonchev–Trinajstić information content (AvgIpc) is 3.18. The Kier molecular flexibility index (Phi) is 7.13. The van der Waals surface area contributed by atoms with Gasteiger partial charge >= 0.3 is 0 Å². The Labute approximate surface area is 191 Å². The minimum absolute atomic E-state index is 0.0912. The SMILES string of the molecule is Cc1oc(-c2ccc(F)cc2)nc1CC(=O)NC[C@H]1CN(Cc2cccc(C#N)c2)CCO1. The van der Waals surface area contributed by atoms with Gasteiger partial charge in [0, 0.05) is 31.7 Å². The maximum absolute atomic E-state index is 13.1. The Morgan fingerprint density at radius 3 is 2.91 bits per heavy atom. The van der Waals surface area contributed by atoms with Gasteiger partial charge in [0.25, 0.3) is 0 Å². The van der Waals surface area contributed by atoms with E-state index in [1.807, 2.05) is 18.2 Å². The molecule has 8 heteroatoms. The lowest BCUT2D eigenvalue weighted by Gasteiger charge is -2.33. The monoisotopic (exact) mass is 448 g/mol. The fourth-order valence-corrected chi connectivity index (χ4v) is 3.80. The number of carbonyl (C=O) groups excluding carboxylic acids is 1. The van der Waals surface area contributed by atoms with Crippen LogP contribution in [0.4, 0.5) is 4.39 Å². The molecule has 4 rings (SSSR count). The molecule has 1 amide bonds. The second kappa shape index (κ2) is 10.4. The number of ether oxygens (including phenoxy) is 1. The summed E-state index contributed by atoms with van der Waals surface area (Å²) in [4.78, 5) is 19.2. The fraction of sp³-hybridized carbons (Fsp3) is 0.320. The summed E-state index contributed by atoms with van der Waals surface area (Å²) in [6, 6.07) is 15.6. The first-order chi connectivity index (χ1) is 16.0. The van der Waals surface area contributed by atoms with Crippen LogP contribution in [0.1, 0.15) is 22.6 Å². The number of nitriles is 1. The molecule has 3 aromatic rings.